The van der Waals surface area contributed by atoms with Crippen LogP contribution in [0.2, 0.25) is 0 Å². The van der Waals surface area contributed by atoms with Gasteiger partial charge in [0.2, 0.25) is 10.0 Å². The van der Waals surface area contributed by atoms with Gasteiger partial charge in [0.1, 0.15) is 0 Å². The van der Waals surface area contributed by atoms with Crippen LogP contribution in [0.4, 0.5) is 0 Å². The predicted molar refractivity (Wildman–Crippen MR) is 75.3 cm³/mol. The zero-order chi connectivity index (χ0) is 13.5. The Morgan fingerprint density at radius 3 is 2.58 bits per heavy atom. The molecule has 19 heavy (non-hydrogen) atoms. The Labute approximate surface area is 115 Å². The molecule has 2 atom stereocenters. The number of allylic oxidation sites excluding steroid dienone is 1. The van der Waals surface area contributed by atoms with E-state index in [1.54, 1.807) is 16.4 Å². The van der Waals surface area contributed by atoms with E-state index in [0.29, 0.717) is 29.8 Å². The highest BCUT2D eigenvalue weighted by molar-refractivity contribution is 7.89. The molecule has 0 bridgehead atoms. The van der Waals surface area contributed by atoms with E-state index in [9.17, 15) is 8.42 Å². The van der Waals surface area contributed by atoms with Crippen molar-refractivity contribution in [1.29, 1.82) is 0 Å². The van der Waals surface area contributed by atoms with Gasteiger partial charge >= 0.3 is 0 Å². The maximum atomic E-state index is 12.6. The maximum absolute atomic E-state index is 12.6. The van der Waals surface area contributed by atoms with Gasteiger partial charge in [-0.2, -0.15) is 4.31 Å². The van der Waals surface area contributed by atoms with E-state index in [0.717, 1.165) is 18.4 Å². The highest BCUT2D eigenvalue weighted by Crippen LogP contribution is 2.34. The number of aryl methyl sites for hydroxylation is 1. The van der Waals surface area contributed by atoms with Crippen molar-refractivity contribution in [2.45, 2.75) is 24.7 Å². The van der Waals surface area contributed by atoms with Crippen molar-refractivity contribution >= 4 is 10.0 Å². The molecular weight excluding hydrogens is 258 g/mol. The minimum absolute atomic E-state index is 0.411. The van der Waals surface area contributed by atoms with Crippen molar-refractivity contribution in [3.63, 3.8) is 0 Å². The van der Waals surface area contributed by atoms with E-state index < -0.39 is 10.0 Å². The molecular formula is C15H19NO2S. The third kappa shape index (κ3) is 2.35. The third-order valence-corrected chi connectivity index (χ3v) is 6.05. The lowest BCUT2D eigenvalue weighted by molar-refractivity contribution is 0.429. The number of nitrogens with zero attached hydrogens (tertiary/aromatic N) is 1. The van der Waals surface area contributed by atoms with Crippen molar-refractivity contribution in [3.05, 3.63) is 42.0 Å². The Hall–Kier alpha value is -1.13. The fourth-order valence-electron chi connectivity index (χ4n) is 3.02. The van der Waals surface area contributed by atoms with Crippen LogP contribution in [0.25, 0.3) is 0 Å². The van der Waals surface area contributed by atoms with Crippen LogP contribution >= 0.6 is 0 Å². The lowest BCUT2D eigenvalue weighted by Gasteiger charge is -2.17. The second kappa shape index (κ2) is 4.76. The molecule has 1 aromatic carbocycles. The Kier molecular flexibility index (Phi) is 3.23. The largest absolute Gasteiger partial charge is 0.243 e. The highest BCUT2D eigenvalue weighted by Gasteiger charge is 2.38. The molecule has 2 unspecified atom stereocenters. The van der Waals surface area contributed by atoms with Crippen molar-refractivity contribution in [3.8, 4) is 0 Å². The van der Waals surface area contributed by atoms with Gasteiger partial charge in [-0.05, 0) is 43.7 Å². The van der Waals surface area contributed by atoms with Crippen LogP contribution < -0.4 is 0 Å². The Morgan fingerprint density at radius 1 is 1.16 bits per heavy atom. The molecule has 102 valence electrons. The summed E-state index contributed by atoms with van der Waals surface area (Å²) in [5, 5.41) is 0. The van der Waals surface area contributed by atoms with Gasteiger partial charge in [0.15, 0.2) is 0 Å². The third-order valence-electron chi connectivity index (χ3n) is 4.20. The van der Waals surface area contributed by atoms with E-state index in [1.165, 1.54) is 0 Å². The van der Waals surface area contributed by atoms with E-state index >= 15 is 0 Å². The molecule has 0 saturated carbocycles. The normalized spacial score (nSPS) is 27.4. The van der Waals surface area contributed by atoms with Crippen molar-refractivity contribution in [2.75, 3.05) is 13.1 Å². The number of sulfonamides is 1. The summed E-state index contributed by atoms with van der Waals surface area (Å²) in [4.78, 5) is 0.417. The maximum Gasteiger partial charge on any atom is 0.243 e. The molecule has 0 aromatic heterocycles. The molecule has 3 nitrogen and oxygen atoms in total. The molecule has 0 N–H and O–H groups in total. The van der Waals surface area contributed by atoms with Gasteiger partial charge in [-0.3, -0.25) is 0 Å². The number of rotatable bonds is 2. The van der Waals surface area contributed by atoms with E-state index in [4.69, 9.17) is 0 Å². The summed E-state index contributed by atoms with van der Waals surface area (Å²) < 4.78 is 26.8. The van der Waals surface area contributed by atoms with Crippen LogP contribution in [0.1, 0.15) is 18.4 Å². The van der Waals surface area contributed by atoms with Gasteiger partial charge in [0.05, 0.1) is 4.90 Å². The van der Waals surface area contributed by atoms with Crippen LogP contribution in [0, 0.1) is 18.8 Å². The van der Waals surface area contributed by atoms with Gasteiger partial charge in [-0.15, -0.1) is 0 Å². The lowest BCUT2D eigenvalue weighted by atomic mass is 9.87. The first kappa shape index (κ1) is 12.9. The molecule has 4 heteroatoms. The fourth-order valence-corrected chi connectivity index (χ4v) is 4.55. The number of hydrogen-bond acceptors (Lipinski definition) is 2. The molecule has 0 spiro atoms. The lowest BCUT2D eigenvalue weighted by Crippen LogP contribution is -2.29. The minimum Gasteiger partial charge on any atom is -0.207 e. The van der Waals surface area contributed by atoms with Crippen molar-refractivity contribution in [1.82, 2.24) is 4.31 Å². The first-order valence-corrected chi connectivity index (χ1v) is 8.25. The van der Waals surface area contributed by atoms with Gasteiger partial charge in [0.25, 0.3) is 0 Å². The average molecular weight is 277 g/mol. The van der Waals surface area contributed by atoms with E-state index in [1.807, 2.05) is 19.1 Å². The molecule has 0 amide bonds. The van der Waals surface area contributed by atoms with Gasteiger partial charge < -0.3 is 0 Å². The Balaban J connectivity index is 1.86. The molecule has 0 radical (unpaired) electrons. The Morgan fingerprint density at radius 2 is 1.89 bits per heavy atom. The smallest absolute Gasteiger partial charge is 0.207 e. The first-order chi connectivity index (χ1) is 9.07. The molecule has 3 rings (SSSR count). The average Bonchev–Trinajstić information content (AvgIpc) is 2.83. The summed E-state index contributed by atoms with van der Waals surface area (Å²) in [6, 6.07) is 7.14. The monoisotopic (exact) mass is 277 g/mol. The minimum atomic E-state index is -3.31. The predicted octanol–water partition coefficient (Wildman–Crippen LogP) is 2.58. The van der Waals surface area contributed by atoms with Crippen LogP contribution in [0.3, 0.4) is 0 Å². The van der Waals surface area contributed by atoms with Crippen LogP contribution in [-0.2, 0) is 10.0 Å². The van der Waals surface area contributed by atoms with E-state index in [2.05, 4.69) is 12.2 Å². The molecule has 1 aromatic rings. The SMILES string of the molecule is Cc1ccc(S(=O)(=O)N2CC3C=CCCC3C2)cc1. The Bertz CT molecular complexity index is 589. The number of fused-ring (bicyclic) bond motifs is 1. The van der Waals surface area contributed by atoms with E-state index in [-0.39, 0.29) is 0 Å². The zero-order valence-electron chi connectivity index (χ0n) is 11.1. The summed E-state index contributed by atoms with van der Waals surface area (Å²) >= 11 is 0. The second-order valence-electron chi connectivity index (χ2n) is 5.56. The van der Waals surface area contributed by atoms with Crippen LogP contribution in [0.15, 0.2) is 41.3 Å². The number of hydrogen-bond donors (Lipinski definition) is 0. The summed E-state index contributed by atoms with van der Waals surface area (Å²) in [7, 11) is -3.31. The molecule has 1 aliphatic heterocycles. The standard InChI is InChI=1S/C15H19NO2S/c1-12-6-8-15(9-7-12)19(17,18)16-10-13-4-2-3-5-14(13)11-16/h2,4,6-9,13-14H,3,5,10-11H2,1H3. The molecule has 2 aliphatic rings. The molecule has 1 fully saturated rings. The fraction of sp³-hybridized carbons (Fsp3) is 0.467. The van der Waals surface area contributed by atoms with Gasteiger partial charge in [-0.1, -0.05) is 29.8 Å². The van der Waals surface area contributed by atoms with Crippen molar-refractivity contribution < 1.29 is 8.42 Å². The molecule has 1 aliphatic carbocycles. The summed E-state index contributed by atoms with van der Waals surface area (Å²) in [6.07, 6.45) is 6.57. The second-order valence-corrected chi connectivity index (χ2v) is 7.50. The summed E-state index contributed by atoms with van der Waals surface area (Å²) in [5.74, 6) is 0.916. The molecule has 1 saturated heterocycles. The van der Waals surface area contributed by atoms with Gasteiger partial charge in [0, 0.05) is 13.1 Å². The summed E-state index contributed by atoms with van der Waals surface area (Å²) in [6.45, 7) is 3.27. The zero-order valence-corrected chi connectivity index (χ0v) is 11.9. The van der Waals surface area contributed by atoms with Crippen molar-refractivity contribution in [2.24, 2.45) is 11.8 Å². The first-order valence-electron chi connectivity index (χ1n) is 6.81. The van der Waals surface area contributed by atoms with Crippen LogP contribution in [-0.4, -0.2) is 25.8 Å². The number of benzene rings is 1. The van der Waals surface area contributed by atoms with Gasteiger partial charge in [-0.25, -0.2) is 8.42 Å². The van der Waals surface area contributed by atoms with Crippen LogP contribution in [0.5, 0.6) is 0 Å². The topological polar surface area (TPSA) is 37.4 Å². The summed E-state index contributed by atoms with van der Waals surface area (Å²) in [5.41, 5.74) is 1.08. The highest BCUT2D eigenvalue weighted by atomic mass is 32.2. The molecule has 1 heterocycles. The quantitative estimate of drug-likeness (QED) is 0.779.